The Labute approximate surface area is 159 Å². The third-order valence-corrected chi connectivity index (χ3v) is 4.44. The Balaban J connectivity index is 1.94. The minimum atomic E-state index is -1.18. The summed E-state index contributed by atoms with van der Waals surface area (Å²) in [5, 5.41) is 16.4. The maximum absolute atomic E-state index is 12.9. The van der Waals surface area contributed by atoms with Crippen molar-refractivity contribution >= 4 is 34.3 Å². The van der Waals surface area contributed by atoms with E-state index < -0.39 is 23.7 Å². The van der Waals surface area contributed by atoms with Gasteiger partial charge >= 0.3 is 5.97 Å². The number of carboxylic acid groups (broad SMARTS) is 1. The highest BCUT2D eigenvalue weighted by molar-refractivity contribution is 7.13. The van der Waals surface area contributed by atoms with Crippen molar-refractivity contribution in [2.75, 3.05) is 5.32 Å². The standard InChI is InChI=1S/C18H20FN3O4S/c1-10(2)16(24)22-18-20-13(9-27-18)8-15(23)21-14(17(25)26)7-11-3-5-12(19)6-4-11/h3-6,9-10,14H,7-8H2,1-2H3,(H,21,23)(H,25,26)(H,20,22,24)/t14-/m1/s1. The molecule has 3 N–H and O–H groups in total. The van der Waals surface area contributed by atoms with Crippen LogP contribution in [-0.4, -0.2) is 33.9 Å². The van der Waals surface area contributed by atoms with Crippen LogP contribution in [0, 0.1) is 11.7 Å². The first kappa shape index (κ1) is 20.5. The molecule has 2 amide bonds. The van der Waals surface area contributed by atoms with Gasteiger partial charge in [-0.3, -0.25) is 9.59 Å². The molecule has 0 saturated heterocycles. The zero-order chi connectivity index (χ0) is 20.0. The number of thiazole rings is 1. The number of hydrogen-bond acceptors (Lipinski definition) is 5. The van der Waals surface area contributed by atoms with E-state index in [1.807, 2.05) is 0 Å². The molecule has 1 atom stereocenters. The molecule has 2 aromatic rings. The highest BCUT2D eigenvalue weighted by Gasteiger charge is 2.21. The molecule has 0 spiro atoms. The molecular formula is C18H20FN3O4S. The van der Waals surface area contributed by atoms with Crippen LogP contribution < -0.4 is 10.6 Å². The van der Waals surface area contributed by atoms with Gasteiger partial charge in [0.1, 0.15) is 11.9 Å². The average Bonchev–Trinajstić information content (AvgIpc) is 3.02. The molecule has 144 valence electrons. The van der Waals surface area contributed by atoms with Crippen LogP contribution in [0.5, 0.6) is 0 Å². The van der Waals surface area contributed by atoms with Gasteiger partial charge in [-0.1, -0.05) is 26.0 Å². The van der Waals surface area contributed by atoms with Gasteiger partial charge in [0, 0.05) is 17.7 Å². The van der Waals surface area contributed by atoms with Crippen molar-refractivity contribution in [3.63, 3.8) is 0 Å². The Morgan fingerprint density at radius 3 is 2.48 bits per heavy atom. The Hall–Kier alpha value is -2.81. The van der Waals surface area contributed by atoms with E-state index in [2.05, 4.69) is 15.6 Å². The highest BCUT2D eigenvalue weighted by Crippen LogP contribution is 2.17. The quantitative estimate of drug-likeness (QED) is 0.637. The van der Waals surface area contributed by atoms with Crippen molar-refractivity contribution in [3.05, 3.63) is 46.7 Å². The van der Waals surface area contributed by atoms with Gasteiger partial charge in [0.2, 0.25) is 11.8 Å². The van der Waals surface area contributed by atoms with Gasteiger partial charge in [0.15, 0.2) is 5.13 Å². The maximum Gasteiger partial charge on any atom is 0.326 e. The Morgan fingerprint density at radius 1 is 1.22 bits per heavy atom. The largest absolute Gasteiger partial charge is 0.480 e. The number of anilines is 1. The topological polar surface area (TPSA) is 108 Å². The molecule has 0 aliphatic carbocycles. The Kier molecular flexibility index (Phi) is 7.00. The van der Waals surface area contributed by atoms with E-state index >= 15 is 0 Å². The van der Waals surface area contributed by atoms with Gasteiger partial charge in [-0.05, 0) is 17.7 Å². The van der Waals surface area contributed by atoms with Crippen LogP contribution in [0.15, 0.2) is 29.6 Å². The van der Waals surface area contributed by atoms with Crippen molar-refractivity contribution in [3.8, 4) is 0 Å². The highest BCUT2D eigenvalue weighted by atomic mass is 32.1. The molecule has 0 fully saturated rings. The number of nitrogens with one attached hydrogen (secondary N) is 2. The lowest BCUT2D eigenvalue weighted by atomic mass is 10.1. The van der Waals surface area contributed by atoms with Crippen molar-refractivity contribution < 1.29 is 23.9 Å². The van der Waals surface area contributed by atoms with E-state index in [4.69, 9.17) is 0 Å². The Morgan fingerprint density at radius 2 is 1.89 bits per heavy atom. The van der Waals surface area contributed by atoms with Crippen molar-refractivity contribution in [2.24, 2.45) is 5.92 Å². The summed E-state index contributed by atoms with van der Waals surface area (Å²) in [4.78, 5) is 39.4. The van der Waals surface area contributed by atoms with Gasteiger partial charge in [0.25, 0.3) is 0 Å². The van der Waals surface area contributed by atoms with E-state index in [1.165, 1.54) is 35.6 Å². The molecule has 0 bridgehead atoms. The number of halogens is 1. The van der Waals surface area contributed by atoms with Crippen LogP contribution in [0.25, 0.3) is 0 Å². The summed E-state index contributed by atoms with van der Waals surface area (Å²) in [6.45, 7) is 3.51. The van der Waals surface area contributed by atoms with Crippen molar-refractivity contribution in [1.82, 2.24) is 10.3 Å². The molecule has 1 aromatic carbocycles. The van der Waals surface area contributed by atoms with E-state index in [1.54, 1.807) is 19.2 Å². The maximum atomic E-state index is 12.9. The lowest BCUT2D eigenvalue weighted by Crippen LogP contribution is -2.43. The van der Waals surface area contributed by atoms with Gasteiger partial charge in [0.05, 0.1) is 12.1 Å². The summed E-state index contributed by atoms with van der Waals surface area (Å²) in [7, 11) is 0. The normalized spacial score (nSPS) is 11.9. The molecule has 7 nitrogen and oxygen atoms in total. The number of carboxylic acids is 1. The first-order valence-corrected chi connectivity index (χ1v) is 9.14. The zero-order valence-electron chi connectivity index (χ0n) is 14.9. The third-order valence-electron chi connectivity index (χ3n) is 3.63. The molecule has 1 heterocycles. The molecule has 0 radical (unpaired) electrons. The number of hydrogen-bond donors (Lipinski definition) is 3. The first-order valence-electron chi connectivity index (χ1n) is 8.26. The molecule has 0 saturated carbocycles. The minimum absolute atomic E-state index is 0.0358. The minimum Gasteiger partial charge on any atom is -0.480 e. The number of aromatic nitrogens is 1. The third kappa shape index (κ3) is 6.45. The van der Waals surface area contributed by atoms with Gasteiger partial charge in [-0.15, -0.1) is 11.3 Å². The van der Waals surface area contributed by atoms with Gasteiger partial charge < -0.3 is 15.7 Å². The molecule has 9 heteroatoms. The number of carbonyl (C=O) groups is 3. The first-order chi connectivity index (χ1) is 12.7. The zero-order valence-corrected chi connectivity index (χ0v) is 15.7. The molecule has 0 aliphatic heterocycles. The number of benzene rings is 1. The second kappa shape index (κ2) is 9.22. The van der Waals surface area contributed by atoms with Crippen LogP contribution in [0.1, 0.15) is 25.1 Å². The fraction of sp³-hybridized carbons (Fsp3) is 0.333. The van der Waals surface area contributed by atoms with Crippen molar-refractivity contribution in [1.29, 1.82) is 0 Å². The van der Waals surface area contributed by atoms with Crippen LogP contribution in [0.2, 0.25) is 0 Å². The molecular weight excluding hydrogens is 373 g/mol. The SMILES string of the molecule is CC(C)C(=O)Nc1nc(CC(=O)N[C@H](Cc2ccc(F)cc2)C(=O)O)cs1. The molecule has 1 aromatic heterocycles. The second-order valence-electron chi connectivity index (χ2n) is 6.25. The van der Waals surface area contributed by atoms with E-state index in [0.717, 1.165) is 0 Å². The van der Waals surface area contributed by atoms with Crippen LogP contribution in [0.3, 0.4) is 0 Å². The monoisotopic (exact) mass is 393 g/mol. The summed E-state index contributed by atoms with van der Waals surface area (Å²) in [6, 6.07) is 4.28. The summed E-state index contributed by atoms with van der Waals surface area (Å²) < 4.78 is 12.9. The molecule has 27 heavy (non-hydrogen) atoms. The van der Waals surface area contributed by atoms with E-state index in [-0.39, 0.29) is 24.7 Å². The number of aliphatic carboxylic acids is 1. The lowest BCUT2D eigenvalue weighted by Gasteiger charge is -2.14. The van der Waals surface area contributed by atoms with Crippen molar-refractivity contribution in [2.45, 2.75) is 32.7 Å². The summed E-state index contributed by atoms with van der Waals surface area (Å²) >= 11 is 1.19. The number of nitrogens with zero attached hydrogens (tertiary/aromatic N) is 1. The molecule has 0 unspecified atom stereocenters. The van der Waals surface area contributed by atoms with E-state index in [9.17, 15) is 23.9 Å². The predicted octanol–water partition coefficient (Wildman–Crippen LogP) is 2.23. The summed E-state index contributed by atoms with van der Waals surface area (Å²) in [6.07, 6.45) is -0.0740. The fourth-order valence-electron chi connectivity index (χ4n) is 2.16. The number of carbonyl (C=O) groups excluding carboxylic acids is 2. The van der Waals surface area contributed by atoms with Crippen LogP contribution >= 0.6 is 11.3 Å². The second-order valence-corrected chi connectivity index (χ2v) is 7.11. The lowest BCUT2D eigenvalue weighted by molar-refractivity contribution is -0.141. The predicted molar refractivity (Wildman–Crippen MR) is 99.0 cm³/mol. The number of amides is 2. The van der Waals surface area contributed by atoms with Crippen LogP contribution in [0.4, 0.5) is 9.52 Å². The number of rotatable bonds is 8. The van der Waals surface area contributed by atoms with Gasteiger partial charge in [-0.2, -0.15) is 0 Å². The fourth-order valence-corrected chi connectivity index (χ4v) is 2.87. The average molecular weight is 393 g/mol. The molecule has 2 rings (SSSR count). The van der Waals surface area contributed by atoms with E-state index in [0.29, 0.717) is 16.4 Å². The van der Waals surface area contributed by atoms with Crippen LogP contribution in [-0.2, 0) is 27.2 Å². The summed E-state index contributed by atoms with van der Waals surface area (Å²) in [5.41, 5.74) is 1.03. The summed E-state index contributed by atoms with van der Waals surface area (Å²) in [5.74, 6) is -2.47. The van der Waals surface area contributed by atoms with Gasteiger partial charge in [-0.25, -0.2) is 14.2 Å². The smallest absolute Gasteiger partial charge is 0.326 e. The molecule has 0 aliphatic rings. The Bertz CT molecular complexity index is 820.